The van der Waals surface area contributed by atoms with E-state index in [-0.39, 0.29) is 54.8 Å². The average Bonchev–Trinajstić information content (AvgIpc) is 3.67. The van der Waals surface area contributed by atoms with E-state index in [1.807, 2.05) is 65.1 Å². The maximum atomic E-state index is 14.8. The molecule has 11 nitrogen and oxygen atoms in total. The van der Waals surface area contributed by atoms with Crippen LogP contribution in [-0.4, -0.2) is 86.4 Å². The second-order valence-electron chi connectivity index (χ2n) is 15.4. The molecule has 0 radical (unpaired) electrons. The second-order valence-corrected chi connectivity index (χ2v) is 16.3. The van der Waals surface area contributed by atoms with Gasteiger partial charge in [0.05, 0.1) is 12.0 Å². The van der Waals surface area contributed by atoms with Crippen molar-refractivity contribution >= 4 is 35.0 Å². The number of nitrogens with zero attached hydrogens (tertiary/aromatic N) is 3. The van der Waals surface area contributed by atoms with Crippen molar-refractivity contribution in [2.75, 3.05) is 13.6 Å². The largest absolute Gasteiger partial charge is 0.481 e. The van der Waals surface area contributed by atoms with Crippen LogP contribution in [-0.2, 0) is 27.3 Å². The zero-order valence-electron chi connectivity index (χ0n) is 32.9. The second kappa shape index (κ2) is 20.6. The zero-order valence-corrected chi connectivity index (χ0v) is 33.7. The number of amides is 3. The molecule has 2 heterocycles. The van der Waals surface area contributed by atoms with Crippen LogP contribution in [0.25, 0.3) is 0 Å². The first-order chi connectivity index (χ1) is 26.2. The van der Waals surface area contributed by atoms with E-state index < -0.39 is 47.8 Å². The lowest BCUT2D eigenvalue weighted by molar-refractivity contribution is -0.143. The molecule has 0 unspecified atom stereocenters. The Balaban J connectivity index is 1.56. The first-order valence-electron chi connectivity index (χ1n) is 19.4. The van der Waals surface area contributed by atoms with Gasteiger partial charge in [0.15, 0.2) is 0 Å². The van der Waals surface area contributed by atoms with Crippen LogP contribution in [0.1, 0.15) is 106 Å². The van der Waals surface area contributed by atoms with E-state index in [0.717, 1.165) is 48.3 Å². The number of benzene rings is 2. The molecule has 7 atom stereocenters. The van der Waals surface area contributed by atoms with Crippen molar-refractivity contribution in [2.24, 2.45) is 17.8 Å². The Bertz CT molecular complexity index is 1710. The number of nitrogens with one attached hydrogen (secondary N) is 2. The van der Waals surface area contributed by atoms with Crippen LogP contribution in [0.2, 0.25) is 0 Å². The number of hydrogen-bond donors (Lipinski definition) is 4. The summed E-state index contributed by atoms with van der Waals surface area (Å²) in [6, 6.07) is 13.4. The highest BCUT2D eigenvalue weighted by atomic mass is 32.1. The van der Waals surface area contributed by atoms with Gasteiger partial charge in [-0.2, -0.15) is 0 Å². The Morgan fingerprint density at radius 2 is 1.67 bits per heavy atom. The summed E-state index contributed by atoms with van der Waals surface area (Å²) in [6.45, 7) is 10.6. The fourth-order valence-electron chi connectivity index (χ4n) is 7.18. The van der Waals surface area contributed by atoms with Gasteiger partial charge in [0.25, 0.3) is 5.91 Å². The van der Waals surface area contributed by atoms with Crippen LogP contribution in [0, 0.1) is 23.6 Å². The van der Waals surface area contributed by atoms with Gasteiger partial charge in [-0.3, -0.25) is 24.1 Å². The average molecular weight is 780 g/mol. The first kappa shape index (κ1) is 43.5. The minimum absolute atomic E-state index is 0.0803. The smallest absolute Gasteiger partial charge is 0.306 e. The third-order valence-corrected chi connectivity index (χ3v) is 11.7. The molecule has 1 fully saturated rings. The number of carbonyl (C=O) groups is 4. The van der Waals surface area contributed by atoms with Gasteiger partial charge in [0.2, 0.25) is 11.8 Å². The molecule has 0 bridgehead atoms. The third-order valence-electron chi connectivity index (χ3n) is 10.8. The maximum Gasteiger partial charge on any atom is 0.306 e. The van der Waals surface area contributed by atoms with Crippen molar-refractivity contribution in [3.8, 4) is 0 Å². The number of piperidine rings is 1. The molecule has 55 heavy (non-hydrogen) atoms. The lowest BCUT2D eigenvalue weighted by atomic mass is 9.91. The fourth-order valence-corrected chi connectivity index (χ4v) is 7.97. The molecule has 0 spiro atoms. The van der Waals surface area contributed by atoms with Crippen LogP contribution in [0.5, 0.6) is 0 Å². The number of carbonyl (C=O) groups excluding carboxylic acids is 3. The van der Waals surface area contributed by atoms with Gasteiger partial charge in [0.1, 0.15) is 28.7 Å². The molecule has 4 rings (SSSR count). The number of hydrogen-bond acceptors (Lipinski definition) is 8. The van der Waals surface area contributed by atoms with E-state index in [2.05, 4.69) is 20.5 Å². The number of aliphatic carboxylic acids is 1. The Labute approximate surface area is 328 Å². The summed E-state index contributed by atoms with van der Waals surface area (Å²) >= 11 is 1.13. The highest BCUT2D eigenvalue weighted by Crippen LogP contribution is 2.30. The quantitative estimate of drug-likeness (QED) is 0.112. The van der Waals surface area contributed by atoms with Crippen molar-refractivity contribution in [1.82, 2.24) is 25.4 Å². The molecule has 300 valence electrons. The number of thiazole rings is 1. The van der Waals surface area contributed by atoms with Crippen molar-refractivity contribution < 1.29 is 33.8 Å². The number of aliphatic hydroxyl groups is 1. The lowest BCUT2D eigenvalue weighted by Crippen LogP contribution is -2.58. The molecule has 13 heteroatoms. The first-order valence-corrected chi connectivity index (χ1v) is 20.3. The van der Waals surface area contributed by atoms with Crippen LogP contribution in [0.15, 0.2) is 60.0 Å². The van der Waals surface area contributed by atoms with Crippen molar-refractivity contribution in [3.05, 3.63) is 87.6 Å². The van der Waals surface area contributed by atoms with Crippen molar-refractivity contribution in [2.45, 2.75) is 116 Å². The van der Waals surface area contributed by atoms with Gasteiger partial charge in [-0.25, -0.2) is 9.37 Å². The van der Waals surface area contributed by atoms with E-state index in [0.29, 0.717) is 17.8 Å². The Morgan fingerprint density at radius 3 is 2.29 bits per heavy atom. The van der Waals surface area contributed by atoms with Gasteiger partial charge in [-0.1, -0.05) is 89.9 Å². The molecule has 4 N–H and O–H groups in total. The monoisotopic (exact) mass is 779 g/mol. The van der Waals surface area contributed by atoms with Gasteiger partial charge >= 0.3 is 5.97 Å². The Kier molecular flexibility index (Phi) is 16.3. The Morgan fingerprint density at radius 1 is 0.982 bits per heavy atom. The number of likely N-dealkylation sites (N-methyl/N-ethyl adjacent to an activating group) is 1. The molecular formula is C42H58FN5O6S. The number of aliphatic hydroxyl groups excluding tert-OH is 1. The van der Waals surface area contributed by atoms with E-state index in [9.17, 15) is 33.8 Å². The van der Waals surface area contributed by atoms with E-state index in [4.69, 9.17) is 0 Å². The van der Waals surface area contributed by atoms with Gasteiger partial charge in [-0.05, 0) is 74.4 Å². The minimum Gasteiger partial charge on any atom is -0.481 e. The van der Waals surface area contributed by atoms with Gasteiger partial charge < -0.3 is 25.7 Å². The van der Waals surface area contributed by atoms with Gasteiger partial charge in [0, 0.05) is 30.4 Å². The predicted molar refractivity (Wildman–Crippen MR) is 212 cm³/mol. The minimum atomic E-state index is -1.11. The number of carboxylic acids is 1. The summed E-state index contributed by atoms with van der Waals surface area (Å²) in [5, 5.41) is 29.1. The van der Waals surface area contributed by atoms with Crippen LogP contribution >= 0.6 is 11.3 Å². The third kappa shape index (κ3) is 12.4. The molecule has 0 saturated carbocycles. The molecule has 2 aromatic carbocycles. The number of halogens is 1. The SMILES string of the molecule is CC[C@H](C)[C@H](NC(=O)[C@H]1CCCCN1C)C(=O)N(Cc1ccccc1)[C@H](C[C@@H](O)c1nc(C(=O)N[C@@H](Cc2ccc(F)cc2)C[C@H](C)C(=O)O)cs1)C(C)C. The predicted octanol–water partition coefficient (Wildman–Crippen LogP) is 6.23. The summed E-state index contributed by atoms with van der Waals surface area (Å²) < 4.78 is 13.5. The molecule has 0 aliphatic carbocycles. The number of rotatable bonds is 19. The normalized spacial score (nSPS) is 18.1. The zero-order chi connectivity index (χ0) is 40.2. The number of carboxylic acid groups (broad SMARTS) is 1. The maximum absolute atomic E-state index is 14.8. The fraction of sp³-hybridized carbons (Fsp3) is 0.548. The summed E-state index contributed by atoms with van der Waals surface area (Å²) in [7, 11) is 1.95. The van der Waals surface area contributed by atoms with Crippen molar-refractivity contribution in [1.29, 1.82) is 0 Å². The Hall–Kier alpha value is -4.20. The number of likely N-dealkylation sites (tertiary alicyclic amines) is 1. The van der Waals surface area contributed by atoms with Crippen LogP contribution in [0.4, 0.5) is 4.39 Å². The molecule has 1 saturated heterocycles. The standard InChI is InChI=1S/C42H58FN5O6S/c1-7-27(4)37(46-39(51)34-15-11-12-20-47(34)6)41(52)48(24-30-13-9-8-10-14-30)35(26(2)3)23-36(49)40-45-33(25-55-40)38(50)44-32(21-28(5)42(53)54)22-29-16-18-31(43)19-17-29/h8-10,13-14,16-19,25-28,32,34-37,49H,7,11-12,15,20-24H2,1-6H3,(H,44,50)(H,46,51)(H,53,54)/t27-,28-,32+,34+,35+,36+,37-/m0/s1. The molecule has 3 aromatic rings. The molecule has 1 aliphatic heterocycles. The molecule has 3 amide bonds. The molecular weight excluding hydrogens is 722 g/mol. The molecule has 1 aromatic heterocycles. The topological polar surface area (TPSA) is 152 Å². The highest BCUT2D eigenvalue weighted by Gasteiger charge is 2.38. The lowest BCUT2D eigenvalue weighted by Gasteiger charge is -2.40. The van der Waals surface area contributed by atoms with E-state index in [1.165, 1.54) is 12.1 Å². The summed E-state index contributed by atoms with van der Waals surface area (Å²) in [5.74, 6) is -3.24. The molecule has 1 aliphatic rings. The van der Waals surface area contributed by atoms with E-state index >= 15 is 0 Å². The summed E-state index contributed by atoms with van der Waals surface area (Å²) in [5.41, 5.74) is 1.74. The van der Waals surface area contributed by atoms with Crippen LogP contribution < -0.4 is 10.6 Å². The van der Waals surface area contributed by atoms with Crippen molar-refractivity contribution in [3.63, 3.8) is 0 Å². The van der Waals surface area contributed by atoms with Gasteiger partial charge in [-0.15, -0.1) is 11.3 Å². The van der Waals surface area contributed by atoms with Crippen LogP contribution in [0.3, 0.4) is 0 Å². The summed E-state index contributed by atoms with van der Waals surface area (Å²) in [4.78, 5) is 61.9. The summed E-state index contributed by atoms with van der Waals surface area (Å²) in [6.07, 6.45) is 2.87. The highest BCUT2D eigenvalue weighted by molar-refractivity contribution is 7.09. The number of aromatic nitrogens is 1. The van der Waals surface area contributed by atoms with E-state index in [1.54, 1.807) is 29.3 Å².